The van der Waals surface area contributed by atoms with Crippen LogP contribution in [0.2, 0.25) is 0 Å². The van der Waals surface area contributed by atoms with Crippen molar-refractivity contribution in [3.8, 4) is 10.6 Å². The maximum Gasteiger partial charge on any atom is 0.251 e. The average molecular weight is 434 g/mol. The van der Waals surface area contributed by atoms with Crippen molar-refractivity contribution in [3.05, 3.63) is 74.3 Å². The van der Waals surface area contributed by atoms with Gasteiger partial charge in [0.15, 0.2) is 0 Å². The van der Waals surface area contributed by atoms with Crippen LogP contribution in [0.25, 0.3) is 10.6 Å². The Labute approximate surface area is 152 Å². The van der Waals surface area contributed by atoms with Crippen molar-refractivity contribution >= 4 is 39.8 Å². The zero-order valence-electron chi connectivity index (χ0n) is 12.5. The molecule has 1 heterocycles. The summed E-state index contributed by atoms with van der Waals surface area (Å²) < 4.78 is 1.12. The van der Waals surface area contributed by atoms with Crippen LogP contribution >= 0.6 is 33.9 Å². The number of carbonyl (C=O) groups excluding carboxylic acids is 1. The highest BCUT2D eigenvalue weighted by atomic mass is 127. The molecule has 116 valence electrons. The third-order valence-corrected chi connectivity index (χ3v) is 5.35. The monoisotopic (exact) mass is 434 g/mol. The van der Waals surface area contributed by atoms with Crippen molar-refractivity contribution in [2.75, 3.05) is 0 Å². The molecule has 0 spiro atoms. The number of hydrogen-bond acceptors (Lipinski definition) is 3. The molecule has 0 atom stereocenters. The number of carbonyl (C=O) groups is 1. The van der Waals surface area contributed by atoms with Gasteiger partial charge in [-0.05, 0) is 53.8 Å². The zero-order valence-corrected chi connectivity index (χ0v) is 15.5. The number of nitrogens with zero attached hydrogens (tertiary/aromatic N) is 1. The van der Waals surface area contributed by atoms with Crippen LogP contribution in [0.3, 0.4) is 0 Å². The van der Waals surface area contributed by atoms with E-state index in [-0.39, 0.29) is 5.91 Å². The molecule has 0 fully saturated rings. The number of aryl methyl sites for hydroxylation is 1. The minimum absolute atomic E-state index is 0.0598. The van der Waals surface area contributed by atoms with Crippen molar-refractivity contribution in [1.82, 2.24) is 10.3 Å². The highest BCUT2D eigenvalue weighted by Gasteiger charge is 2.11. The van der Waals surface area contributed by atoms with E-state index in [4.69, 9.17) is 0 Å². The molecular weight excluding hydrogens is 419 g/mol. The van der Waals surface area contributed by atoms with Crippen LogP contribution < -0.4 is 5.32 Å². The van der Waals surface area contributed by atoms with Gasteiger partial charge < -0.3 is 5.32 Å². The number of thiazole rings is 1. The van der Waals surface area contributed by atoms with Gasteiger partial charge in [-0.25, -0.2) is 4.98 Å². The molecule has 1 N–H and O–H groups in total. The van der Waals surface area contributed by atoms with E-state index >= 15 is 0 Å². The van der Waals surface area contributed by atoms with Gasteiger partial charge in [-0.3, -0.25) is 4.79 Å². The molecule has 1 amide bonds. The number of halogens is 1. The van der Waals surface area contributed by atoms with Crippen molar-refractivity contribution in [1.29, 1.82) is 0 Å². The maximum absolute atomic E-state index is 12.2. The summed E-state index contributed by atoms with van der Waals surface area (Å²) in [5.41, 5.74) is 2.75. The average Bonchev–Trinajstić information content (AvgIpc) is 2.95. The third-order valence-electron chi connectivity index (χ3n) is 3.43. The minimum Gasteiger partial charge on any atom is -0.347 e. The van der Waals surface area contributed by atoms with Crippen molar-refractivity contribution < 1.29 is 4.79 Å². The quantitative estimate of drug-likeness (QED) is 0.608. The molecule has 23 heavy (non-hydrogen) atoms. The summed E-state index contributed by atoms with van der Waals surface area (Å²) in [6.45, 7) is 2.48. The van der Waals surface area contributed by atoms with E-state index in [0.717, 1.165) is 24.7 Å². The Kier molecular flexibility index (Phi) is 5.07. The Morgan fingerprint density at radius 2 is 1.83 bits per heavy atom. The fraction of sp³-hybridized carbons (Fsp3) is 0.111. The first-order valence-corrected chi connectivity index (χ1v) is 9.08. The molecule has 3 rings (SSSR count). The summed E-state index contributed by atoms with van der Waals surface area (Å²) in [6.07, 6.45) is 0. The van der Waals surface area contributed by atoms with Gasteiger partial charge in [0.2, 0.25) is 0 Å². The highest BCUT2D eigenvalue weighted by molar-refractivity contribution is 14.1. The third kappa shape index (κ3) is 3.97. The Hall–Kier alpha value is -1.73. The van der Waals surface area contributed by atoms with Gasteiger partial charge in [0.25, 0.3) is 5.91 Å². The van der Waals surface area contributed by atoms with Crippen molar-refractivity contribution in [3.63, 3.8) is 0 Å². The SMILES string of the molecule is Cc1nc(-c2ccccc2)sc1CNC(=O)c1ccc(I)cc1. The zero-order chi connectivity index (χ0) is 16.2. The lowest BCUT2D eigenvalue weighted by Gasteiger charge is -2.04. The van der Waals surface area contributed by atoms with Gasteiger partial charge >= 0.3 is 0 Å². The Morgan fingerprint density at radius 3 is 2.52 bits per heavy atom. The molecule has 5 heteroatoms. The van der Waals surface area contributed by atoms with Gasteiger partial charge in [0.05, 0.1) is 12.2 Å². The summed E-state index contributed by atoms with van der Waals surface area (Å²) in [6, 6.07) is 17.6. The van der Waals surface area contributed by atoms with Crippen LogP contribution in [0.5, 0.6) is 0 Å². The van der Waals surface area contributed by atoms with Crippen LogP contribution in [0.4, 0.5) is 0 Å². The molecule has 0 saturated heterocycles. The van der Waals surface area contributed by atoms with Gasteiger partial charge in [0, 0.05) is 19.6 Å². The fourth-order valence-corrected chi connectivity index (χ4v) is 3.53. The van der Waals surface area contributed by atoms with Crippen LogP contribution in [-0.2, 0) is 6.54 Å². The van der Waals surface area contributed by atoms with Gasteiger partial charge in [-0.15, -0.1) is 11.3 Å². The molecule has 2 aromatic carbocycles. The second-order valence-electron chi connectivity index (χ2n) is 5.08. The predicted octanol–water partition coefficient (Wildman–Crippen LogP) is 4.65. The van der Waals surface area contributed by atoms with E-state index in [9.17, 15) is 4.79 Å². The molecular formula is C18H15IN2OS. The Morgan fingerprint density at radius 1 is 1.13 bits per heavy atom. The molecule has 0 saturated carbocycles. The van der Waals surface area contributed by atoms with Crippen LogP contribution in [0, 0.1) is 10.5 Å². The number of nitrogens with one attached hydrogen (secondary N) is 1. The molecule has 0 aliphatic rings. The molecule has 1 aromatic heterocycles. The standard InChI is InChI=1S/C18H15IN2OS/c1-12-16(23-18(21-12)14-5-3-2-4-6-14)11-20-17(22)13-7-9-15(19)10-8-13/h2-10H,11H2,1H3,(H,20,22). The number of aromatic nitrogens is 1. The van der Waals surface area contributed by atoms with E-state index in [1.165, 1.54) is 0 Å². The number of amides is 1. The molecule has 0 radical (unpaired) electrons. The van der Waals surface area contributed by atoms with Crippen LogP contribution in [0.15, 0.2) is 54.6 Å². The predicted molar refractivity (Wildman–Crippen MR) is 103 cm³/mol. The molecule has 0 aliphatic carbocycles. The molecule has 0 aliphatic heterocycles. The highest BCUT2D eigenvalue weighted by Crippen LogP contribution is 2.27. The van der Waals surface area contributed by atoms with Crippen LogP contribution in [0.1, 0.15) is 20.9 Å². The maximum atomic E-state index is 12.2. The largest absolute Gasteiger partial charge is 0.347 e. The van der Waals surface area contributed by atoms with Crippen LogP contribution in [-0.4, -0.2) is 10.9 Å². The molecule has 0 bridgehead atoms. The summed E-state index contributed by atoms with van der Waals surface area (Å²) in [7, 11) is 0. The smallest absolute Gasteiger partial charge is 0.251 e. The van der Waals surface area contributed by atoms with Crippen molar-refractivity contribution in [2.45, 2.75) is 13.5 Å². The first kappa shape index (κ1) is 16.1. The molecule has 3 nitrogen and oxygen atoms in total. The summed E-state index contributed by atoms with van der Waals surface area (Å²) in [4.78, 5) is 17.9. The Bertz CT molecular complexity index is 813. The lowest BCUT2D eigenvalue weighted by Crippen LogP contribution is -2.22. The van der Waals surface area contributed by atoms with Gasteiger partial charge in [-0.2, -0.15) is 0 Å². The number of hydrogen-bond donors (Lipinski definition) is 1. The van der Waals surface area contributed by atoms with Gasteiger partial charge in [-0.1, -0.05) is 30.3 Å². The van der Waals surface area contributed by atoms with E-state index < -0.39 is 0 Å². The number of rotatable bonds is 4. The molecule has 3 aromatic rings. The van der Waals surface area contributed by atoms with E-state index in [1.807, 2.05) is 61.5 Å². The first-order valence-electron chi connectivity index (χ1n) is 7.19. The summed E-state index contributed by atoms with van der Waals surface area (Å²) in [5, 5.41) is 3.96. The summed E-state index contributed by atoms with van der Waals surface area (Å²) >= 11 is 3.85. The van der Waals surface area contributed by atoms with Gasteiger partial charge in [0.1, 0.15) is 5.01 Å². The lowest BCUT2D eigenvalue weighted by atomic mass is 10.2. The second kappa shape index (κ2) is 7.23. The fourth-order valence-electron chi connectivity index (χ4n) is 2.16. The van der Waals surface area contributed by atoms with E-state index in [1.54, 1.807) is 11.3 Å². The first-order chi connectivity index (χ1) is 11.1. The van der Waals surface area contributed by atoms with Crippen molar-refractivity contribution in [2.24, 2.45) is 0 Å². The lowest BCUT2D eigenvalue weighted by molar-refractivity contribution is 0.0951. The second-order valence-corrected chi connectivity index (χ2v) is 7.41. The van der Waals surface area contributed by atoms with E-state index in [0.29, 0.717) is 12.1 Å². The summed E-state index contributed by atoms with van der Waals surface area (Å²) in [5.74, 6) is -0.0598. The normalized spacial score (nSPS) is 10.5. The number of benzene rings is 2. The molecule has 0 unspecified atom stereocenters. The van der Waals surface area contributed by atoms with E-state index in [2.05, 4.69) is 32.9 Å². The minimum atomic E-state index is -0.0598. The Balaban J connectivity index is 1.70. The topological polar surface area (TPSA) is 42.0 Å².